The standard InChI is InChI=1S/C16H22N2O2/c1-10(2)14(9-19-3)17-12-6-7-15-13(8-12)18-16(20-15)11-4-5-11/h6-8,10-11,14,17H,4-5,9H2,1-3H3. The molecule has 4 heteroatoms. The molecular weight excluding hydrogens is 252 g/mol. The number of nitrogens with zero attached hydrogens (tertiary/aromatic N) is 1. The number of nitrogens with one attached hydrogen (secondary N) is 1. The number of hydrogen-bond donors (Lipinski definition) is 1. The number of methoxy groups -OCH3 is 1. The number of anilines is 1. The third kappa shape index (κ3) is 2.80. The van der Waals surface area contributed by atoms with Gasteiger partial charge in [-0.15, -0.1) is 0 Å². The Kier molecular flexibility index (Phi) is 3.66. The van der Waals surface area contributed by atoms with Crippen LogP contribution in [0.1, 0.15) is 38.5 Å². The van der Waals surface area contributed by atoms with Crippen LogP contribution in [0.2, 0.25) is 0 Å². The van der Waals surface area contributed by atoms with E-state index in [9.17, 15) is 0 Å². The van der Waals surface area contributed by atoms with Crippen LogP contribution in [-0.4, -0.2) is 24.7 Å². The summed E-state index contributed by atoms with van der Waals surface area (Å²) in [6, 6.07) is 6.42. The van der Waals surface area contributed by atoms with Gasteiger partial charge in [-0.25, -0.2) is 4.98 Å². The summed E-state index contributed by atoms with van der Waals surface area (Å²) in [7, 11) is 1.74. The molecule has 1 aliphatic rings. The van der Waals surface area contributed by atoms with Crippen LogP contribution in [0.25, 0.3) is 11.1 Å². The Balaban J connectivity index is 1.80. The van der Waals surface area contributed by atoms with Gasteiger partial charge in [-0.1, -0.05) is 13.8 Å². The van der Waals surface area contributed by atoms with Gasteiger partial charge in [-0.3, -0.25) is 0 Å². The average molecular weight is 274 g/mol. The molecule has 1 N–H and O–H groups in total. The highest BCUT2D eigenvalue weighted by Gasteiger charge is 2.28. The zero-order chi connectivity index (χ0) is 14.1. The van der Waals surface area contributed by atoms with Gasteiger partial charge in [0.15, 0.2) is 11.5 Å². The first-order valence-corrected chi connectivity index (χ1v) is 7.33. The van der Waals surface area contributed by atoms with E-state index >= 15 is 0 Å². The van der Waals surface area contributed by atoms with Crippen molar-refractivity contribution in [2.45, 2.75) is 38.6 Å². The summed E-state index contributed by atoms with van der Waals surface area (Å²) in [4.78, 5) is 4.60. The highest BCUT2D eigenvalue weighted by Crippen LogP contribution is 2.40. The molecule has 1 saturated carbocycles. The lowest BCUT2D eigenvalue weighted by Crippen LogP contribution is -2.30. The fraction of sp³-hybridized carbons (Fsp3) is 0.562. The van der Waals surface area contributed by atoms with Crippen molar-refractivity contribution in [3.8, 4) is 0 Å². The summed E-state index contributed by atoms with van der Waals surface area (Å²) >= 11 is 0. The van der Waals surface area contributed by atoms with Gasteiger partial charge in [0, 0.05) is 18.7 Å². The lowest BCUT2D eigenvalue weighted by molar-refractivity contribution is 0.171. The maximum Gasteiger partial charge on any atom is 0.198 e. The van der Waals surface area contributed by atoms with Crippen molar-refractivity contribution < 1.29 is 9.15 Å². The maximum atomic E-state index is 5.78. The second-order valence-corrected chi connectivity index (χ2v) is 5.96. The first-order valence-electron chi connectivity index (χ1n) is 7.33. The quantitative estimate of drug-likeness (QED) is 0.870. The van der Waals surface area contributed by atoms with E-state index in [4.69, 9.17) is 9.15 Å². The molecule has 1 atom stereocenters. The number of rotatable bonds is 6. The molecule has 1 aromatic carbocycles. The van der Waals surface area contributed by atoms with Gasteiger partial charge >= 0.3 is 0 Å². The molecule has 0 amide bonds. The number of hydrogen-bond acceptors (Lipinski definition) is 4. The Hall–Kier alpha value is -1.55. The number of fused-ring (bicyclic) bond motifs is 1. The minimum absolute atomic E-state index is 0.298. The molecule has 0 spiro atoms. The largest absolute Gasteiger partial charge is 0.440 e. The van der Waals surface area contributed by atoms with Crippen molar-refractivity contribution in [2.24, 2.45) is 5.92 Å². The zero-order valence-electron chi connectivity index (χ0n) is 12.3. The molecule has 0 bridgehead atoms. The van der Waals surface area contributed by atoms with Gasteiger partial charge in [0.2, 0.25) is 0 Å². The summed E-state index contributed by atoms with van der Waals surface area (Å²) in [5.74, 6) is 1.95. The topological polar surface area (TPSA) is 47.3 Å². The number of aromatic nitrogens is 1. The molecule has 2 aromatic rings. The Morgan fingerprint density at radius 1 is 1.40 bits per heavy atom. The SMILES string of the molecule is COCC(Nc1ccc2oc(C3CC3)nc2c1)C(C)C. The van der Waals surface area contributed by atoms with Crippen LogP contribution < -0.4 is 5.32 Å². The summed E-state index contributed by atoms with van der Waals surface area (Å²) in [6.07, 6.45) is 2.42. The van der Waals surface area contributed by atoms with Gasteiger partial charge in [0.05, 0.1) is 12.6 Å². The van der Waals surface area contributed by atoms with Crippen molar-refractivity contribution in [1.29, 1.82) is 0 Å². The van der Waals surface area contributed by atoms with Crippen molar-refractivity contribution in [3.63, 3.8) is 0 Å². The zero-order valence-corrected chi connectivity index (χ0v) is 12.3. The van der Waals surface area contributed by atoms with Crippen LogP contribution in [0.3, 0.4) is 0 Å². The highest BCUT2D eigenvalue weighted by molar-refractivity contribution is 5.77. The number of benzene rings is 1. The molecule has 0 radical (unpaired) electrons. The molecule has 3 rings (SSSR count). The van der Waals surface area contributed by atoms with E-state index in [0.717, 1.165) is 22.7 Å². The lowest BCUT2D eigenvalue weighted by Gasteiger charge is -2.22. The van der Waals surface area contributed by atoms with Crippen molar-refractivity contribution in [1.82, 2.24) is 4.98 Å². The third-order valence-electron chi connectivity index (χ3n) is 3.83. The molecule has 1 fully saturated rings. The maximum absolute atomic E-state index is 5.78. The van der Waals surface area contributed by atoms with Crippen LogP contribution in [0.15, 0.2) is 22.6 Å². The molecule has 1 aliphatic carbocycles. The van der Waals surface area contributed by atoms with Crippen LogP contribution in [-0.2, 0) is 4.74 Å². The van der Waals surface area contributed by atoms with Crippen molar-refractivity contribution in [3.05, 3.63) is 24.1 Å². The first kappa shape index (κ1) is 13.4. The fourth-order valence-electron chi connectivity index (χ4n) is 2.33. The second kappa shape index (κ2) is 5.44. The summed E-state index contributed by atoms with van der Waals surface area (Å²) in [5, 5.41) is 3.52. The molecule has 108 valence electrons. The number of ether oxygens (including phenoxy) is 1. The smallest absolute Gasteiger partial charge is 0.198 e. The predicted octanol–water partition coefficient (Wildman–Crippen LogP) is 3.79. The van der Waals surface area contributed by atoms with Crippen LogP contribution >= 0.6 is 0 Å². The summed E-state index contributed by atoms with van der Waals surface area (Å²) in [6.45, 7) is 5.08. The Morgan fingerprint density at radius 3 is 2.85 bits per heavy atom. The molecule has 0 aliphatic heterocycles. The van der Waals surface area contributed by atoms with E-state index in [2.05, 4.69) is 36.3 Å². The Morgan fingerprint density at radius 2 is 2.20 bits per heavy atom. The van der Waals surface area contributed by atoms with Gasteiger partial charge in [0.1, 0.15) is 5.52 Å². The minimum atomic E-state index is 0.298. The van der Waals surface area contributed by atoms with E-state index < -0.39 is 0 Å². The van der Waals surface area contributed by atoms with E-state index in [1.165, 1.54) is 12.8 Å². The van der Waals surface area contributed by atoms with Crippen molar-refractivity contribution in [2.75, 3.05) is 19.0 Å². The predicted molar refractivity (Wildman–Crippen MR) is 80.1 cm³/mol. The van der Waals surface area contributed by atoms with E-state index in [1.54, 1.807) is 7.11 Å². The minimum Gasteiger partial charge on any atom is -0.440 e. The fourth-order valence-corrected chi connectivity index (χ4v) is 2.33. The second-order valence-electron chi connectivity index (χ2n) is 5.96. The monoisotopic (exact) mass is 274 g/mol. The molecule has 4 nitrogen and oxygen atoms in total. The summed E-state index contributed by atoms with van der Waals surface area (Å²) in [5.41, 5.74) is 2.89. The molecule has 20 heavy (non-hydrogen) atoms. The van der Waals surface area contributed by atoms with Crippen LogP contribution in [0.4, 0.5) is 5.69 Å². The molecule has 1 aromatic heterocycles. The molecule has 1 unspecified atom stereocenters. The van der Waals surface area contributed by atoms with Crippen LogP contribution in [0, 0.1) is 5.92 Å². The van der Waals surface area contributed by atoms with Gasteiger partial charge in [0.25, 0.3) is 0 Å². The van der Waals surface area contributed by atoms with Crippen LogP contribution in [0.5, 0.6) is 0 Å². The molecule has 1 heterocycles. The van der Waals surface area contributed by atoms with Gasteiger partial charge in [-0.2, -0.15) is 0 Å². The van der Waals surface area contributed by atoms with E-state index in [0.29, 0.717) is 24.5 Å². The normalized spacial score (nSPS) is 16.8. The number of oxazole rings is 1. The highest BCUT2D eigenvalue weighted by atomic mass is 16.5. The Bertz CT molecular complexity index is 587. The van der Waals surface area contributed by atoms with E-state index in [-0.39, 0.29) is 0 Å². The average Bonchev–Trinajstić information content (AvgIpc) is 3.18. The van der Waals surface area contributed by atoms with E-state index in [1.807, 2.05) is 6.07 Å². The summed E-state index contributed by atoms with van der Waals surface area (Å²) < 4.78 is 11.1. The lowest BCUT2D eigenvalue weighted by atomic mass is 10.1. The van der Waals surface area contributed by atoms with Gasteiger partial charge in [-0.05, 0) is 37.0 Å². The molecular formula is C16H22N2O2. The van der Waals surface area contributed by atoms with Crippen molar-refractivity contribution >= 4 is 16.8 Å². The van der Waals surface area contributed by atoms with Gasteiger partial charge < -0.3 is 14.5 Å². The Labute approximate surface area is 119 Å². The first-order chi connectivity index (χ1) is 9.67. The third-order valence-corrected chi connectivity index (χ3v) is 3.83. The molecule has 0 saturated heterocycles.